The Hall–Kier alpha value is -0.320. The normalized spacial score (nSPS) is 25.4. The summed E-state index contributed by atoms with van der Waals surface area (Å²) in [6, 6.07) is 0. The van der Waals surface area contributed by atoms with Crippen molar-refractivity contribution in [1.29, 1.82) is 0 Å². The maximum Gasteiger partial charge on any atom is 0.0110 e. The van der Waals surface area contributed by atoms with E-state index in [4.69, 9.17) is 0 Å². The van der Waals surface area contributed by atoms with Gasteiger partial charge in [-0.1, -0.05) is 0 Å². The lowest BCUT2D eigenvalue weighted by Gasteiger charge is -2.29. The fraction of sp³-hybridized carbons (Fsp3) is 1.00. The largest absolute Gasteiger partial charge is 0.314 e. The summed E-state index contributed by atoms with van der Waals surface area (Å²) < 4.78 is 0. The molecule has 0 bridgehead atoms. The van der Waals surface area contributed by atoms with Crippen molar-refractivity contribution in [1.82, 2.24) is 41.7 Å². The van der Waals surface area contributed by atoms with Crippen molar-refractivity contribution in [2.24, 2.45) is 0 Å². The Morgan fingerprint density at radius 3 is 0.846 bits per heavy atom. The number of hydrogen-bond acceptors (Lipinski definition) is 8. The van der Waals surface area contributed by atoms with Gasteiger partial charge in [-0.05, 0) is 0 Å². The lowest BCUT2D eigenvalue weighted by Crippen LogP contribution is -2.46. The van der Waals surface area contributed by atoms with Gasteiger partial charge >= 0.3 is 0 Å². The molecule has 0 amide bonds. The van der Waals surface area contributed by atoms with Crippen LogP contribution >= 0.6 is 0 Å². The Bertz CT molecular complexity index is 264. The quantitative estimate of drug-likeness (QED) is 0.317. The standard InChI is InChI=1S/C18H42N8/c1-5-21-9-13-25(14-10-22-6-2-19-1)17-18-26-15-11-23-7-3-20-4-8-24-12-16-26/h19-24H,1-18H2. The second kappa shape index (κ2) is 15.7. The molecule has 26 heavy (non-hydrogen) atoms. The third-order valence-corrected chi connectivity index (χ3v) is 5.07. The van der Waals surface area contributed by atoms with Crippen LogP contribution in [-0.2, 0) is 0 Å². The first-order chi connectivity index (χ1) is 12.9. The molecule has 2 fully saturated rings. The highest BCUT2D eigenvalue weighted by Gasteiger charge is 2.10. The zero-order chi connectivity index (χ0) is 18.1. The maximum absolute atomic E-state index is 3.55. The molecule has 8 nitrogen and oxygen atoms in total. The van der Waals surface area contributed by atoms with Gasteiger partial charge in [0, 0.05) is 118 Å². The average Bonchev–Trinajstić information content (AvgIpc) is 2.63. The molecule has 154 valence electrons. The summed E-state index contributed by atoms with van der Waals surface area (Å²) >= 11 is 0. The van der Waals surface area contributed by atoms with Gasteiger partial charge in [0.2, 0.25) is 0 Å². The average molecular weight is 371 g/mol. The molecular weight excluding hydrogens is 328 g/mol. The molecule has 2 heterocycles. The molecule has 0 radical (unpaired) electrons. The molecule has 8 heteroatoms. The fourth-order valence-corrected chi connectivity index (χ4v) is 3.36. The molecule has 0 atom stereocenters. The number of nitrogens with one attached hydrogen (secondary N) is 6. The van der Waals surface area contributed by atoms with Crippen LogP contribution in [0.15, 0.2) is 0 Å². The second-order valence-corrected chi connectivity index (χ2v) is 7.18. The summed E-state index contributed by atoms with van der Waals surface area (Å²) in [7, 11) is 0. The van der Waals surface area contributed by atoms with Gasteiger partial charge in [0.25, 0.3) is 0 Å². The van der Waals surface area contributed by atoms with Crippen LogP contribution in [0.25, 0.3) is 0 Å². The summed E-state index contributed by atoms with van der Waals surface area (Å²) in [5, 5.41) is 21.1. The first kappa shape index (κ1) is 22.0. The van der Waals surface area contributed by atoms with Gasteiger partial charge in [0.15, 0.2) is 0 Å². The minimum Gasteiger partial charge on any atom is -0.314 e. The summed E-state index contributed by atoms with van der Waals surface area (Å²) in [4.78, 5) is 5.21. The van der Waals surface area contributed by atoms with Gasteiger partial charge in [-0.3, -0.25) is 9.80 Å². The molecule has 2 aliphatic rings. The highest BCUT2D eigenvalue weighted by Crippen LogP contribution is 1.93. The molecule has 0 aromatic rings. The van der Waals surface area contributed by atoms with Gasteiger partial charge in [0.05, 0.1) is 0 Å². The van der Waals surface area contributed by atoms with Gasteiger partial charge in [-0.25, -0.2) is 0 Å². The molecule has 2 saturated heterocycles. The van der Waals surface area contributed by atoms with E-state index in [2.05, 4.69) is 41.7 Å². The molecule has 0 unspecified atom stereocenters. The van der Waals surface area contributed by atoms with Crippen molar-refractivity contribution >= 4 is 0 Å². The van der Waals surface area contributed by atoms with Crippen molar-refractivity contribution in [3.05, 3.63) is 0 Å². The summed E-state index contributed by atoms with van der Waals surface area (Å²) in [5.41, 5.74) is 0. The third kappa shape index (κ3) is 11.4. The van der Waals surface area contributed by atoms with Gasteiger partial charge in [-0.2, -0.15) is 0 Å². The molecule has 0 aromatic carbocycles. The highest BCUT2D eigenvalue weighted by atomic mass is 15.2. The molecule has 2 rings (SSSR count). The number of hydrogen-bond donors (Lipinski definition) is 6. The number of nitrogens with zero attached hydrogens (tertiary/aromatic N) is 2. The van der Waals surface area contributed by atoms with E-state index < -0.39 is 0 Å². The molecule has 0 saturated carbocycles. The van der Waals surface area contributed by atoms with E-state index in [0.717, 1.165) is 118 Å². The van der Waals surface area contributed by atoms with E-state index >= 15 is 0 Å². The summed E-state index contributed by atoms with van der Waals surface area (Å²) in [6.07, 6.45) is 0. The van der Waals surface area contributed by atoms with E-state index in [-0.39, 0.29) is 0 Å². The van der Waals surface area contributed by atoms with E-state index in [1.807, 2.05) is 0 Å². The first-order valence-corrected chi connectivity index (χ1v) is 10.6. The van der Waals surface area contributed by atoms with E-state index in [9.17, 15) is 0 Å². The Morgan fingerprint density at radius 1 is 0.346 bits per heavy atom. The van der Waals surface area contributed by atoms with Crippen LogP contribution in [0.4, 0.5) is 0 Å². The topological polar surface area (TPSA) is 78.7 Å². The number of rotatable bonds is 3. The van der Waals surface area contributed by atoms with E-state index in [1.165, 1.54) is 0 Å². The lowest BCUT2D eigenvalue weighted by molar-refractivity contribution is 0.203. The van der Waals surface area contributed by atoms with Gasteiger partial charge in [-0.15, -0.1) is 0 Å². The zero-order valence-electron chi connectivity index (χ0n) is 16.6. The Balaban J connectivity index is 1.70. The Kier molecular flexibility index (Phi) is 13.3. The van der Waals surface area contributed by atoms with Crippen LogP contribution in [0, 0.1) is 0 Å². The van der Waals surface area contributed by atoms with Crippen molar-refractivity contribution in [3.8, 4) is 0 Å². The zero-order valence-corrected chi connectivity index (χ0v) is 16.6. The molecule has 0 aromatic heterocycles. The maximum atomic E-state index is 3.55. The summed E-state index contributed by atoms with van der Waals surface area (Å²) in [5.74, 6) is 0. The van der Waals surface area contributed by atoms with Crippen molar-refractivity contribution in [2.45, 2.75) is 0 Å². The summed E-state index contributed by atoms with van der Waals surface area (Å²) in [6.45, 7) is 19.7. The first-order valence-electron chi connectivity index (χ1n) is 10.6. The van der Waals surface area contributed by atoms with Crippen LogP contribution in [0.3, 0.4) is 0 Å². The van der Waals surface area contributed by atoms with Gasteiger partial charge in [0.1, 0.15) is 0 Å². The third-order valence-electron chi connectivity index (χ3n) is 5.07. The molecule has 6 N–H and O–H groups in total. The van der Waals surface area contributed by atoms with Gasteiger partial charge < -0.3 is 31.9 Å². The highest BCUT2D eigenvalue weighted by molar-refractivity contribution is 4.70. The van der Waals surface area contributed by atoms with Crippen LogP contribution in [0.2, 0.25) is 0 Å². The molecule has 2 aliphatic heterocycles. The van der Waals surface area contributed by atoms with Crippen molar-refractivity contribution < 1.29 is 0 Å². The minimum absolute atomic E-state index is 1.06. The monoisotopic (exact) mass is 370 g/mol. The molecular formula is C18H42N8. The SMILES string of the molecule is C1CNCCN(CCN2CCNCCNCCNCC2)CCNCCN1. The van der Waals surface area contributed by atoms with Crippen LogP contribution in [0.1, 0.15) is 0 Å². The molecule has 0 spiro atoms. The van der Waals surface area contributed by atoms with E-state index in [0.29, 0.717) is 0 Å². The molecule has 0 aliphatic carbocycles. The van der Waals surface area contributed by atoms with Crippen LogP contribution in [0.5, 0.6) is 0 Å². The Morgan fingerprint density at radius 2 is 0.577 bits per heavy atom. The predicted octanol–water partition coefficient (Wildman–Crippen LogP) is -2.84. The lowest BCUT2D eigenvalue weighted by atomic mass is 10.3. The Labute approximate surface area is 160 Å². The van der Waals surface area contributed by atoms with E-state index in [1.54, 1.807) is 0 Å². The smallest absolute Gasteiger partial charge is 0.0110 e. The predicted molar refractivity (Wildman–Crippen MR) is 110 cm³/mol. The van der Waals surface area contributed by atoms with Crippen LogP contribution in [-0.4, -0.2) is 128 Å². The van der Waals surface area contributed by atoms with Crippen LogP contribution < -0.4 is 31.9 Å². The minimum atomic E-state index is 1.06. The fourth-order valence-electron chi connectivity index (χ4n) is 3.36. The van der Waals surface area contributed by atoms with Crippen molar-refractivity contribution in [2.75, 3.05) is 118 Å². The van der Waals surface area contributed by atoms with Crippen molar-refractivity contribution in [3.63, 3.8) is 0 Å². The second-order valence-electron chi connectivity index (χ2n) is 7.18.